The Balaban J connectivity index is 0.000000789. The third kappa shape index (κ3) is 5.87. The van der Waals surface area contributed by atoms with Crippen molar-refractivity contribution in [2.45, 2.75) is 46.6 Å². The summed E-state index contributed by atoms with van der Waals surface area (Å²) in [6.45, 7) is 9.70. The van der Waals surface area contributed by atoms with Crippen LogP contribution in [0, 0.1) is 36.0 Å². The van der Waals surface area contributed by atoms with Gasteiger partial charge in [0.1, 0.15) is 6.07 Å². The summed E-state index contributed by atoms with van der Waals surface area (Å²) in [4.78, 5) is 11.9. The highest BCUT2D eigenvalue weighted by Crippen LogP contribution is 2.40. The van der Waals surface area contributed by atoms with Gasteiger partial charge in [0.25, 0.3) is 5.91 Å². The molecule has 0 aromatic carbocycles. The zero-order valence-corrected chi connectivity index (χ0v) is 20.4. The van der Waals surface area contributed by atoms with Crippen LogP contribution in [0.1, 0.15) is 56.5 Å². The predicted octanol–water partition coefficient (Wildman–Crippen LogP) is 3.02. The van der Waals surface area contributed by atoms with E-state index in [9.17, 15) is 9.00 Å². The second kappa shape index (κ2) is 12.8. The third-order valence-corrected chi connectivity index (χ3v) is 6.49. The van der Waals surface area contributed by atoms with Crippen molar-refractivity contribution < 1.29 is 9.00 Å². The van der Waals surface area contributed by atoms with Crippen molar-refractivity contribution in [2.75, 3.05) is 24.7 Å². The second-order valence-corrected chi connectivity index (χ2v) is 8.44. The maximum Gasteiger partial charge on any atom is 0.252 e. The minimum atomic E-state index is -0.916. The number of rotatable bonds is 4. The monoisotopic (exact) mass is 458 g/mol. The Morgan fingerprint density at radius 3 is 2.28 bits per heavy atom. The average molecular weight is 459 g/mol. The molecular formula is C23H34N6O2S. The zero-order chi connectivity index (χ0) is 24.4. The highest BCUT2D eigenvalue weighted by atomic mass is 32.2. The van der Waals surface area contributed by atoms with Crippen LogP contribution in [0.15, 0.2) is 18.5 Å². The molecular weight excluding hydrogens is 424 g/mol. The van der Waals surface area contributed by atoms with E-state index >= 15 is 0 Å². The molecule has 1 amide bonds. The van der Waals surface area contributed by atoms with Gasteiger partial charge in [-0.15, -0.1) is 12.8 Å². The normalized spacial score (nSPS) is 22.0. The van der Waals surface area contributed by atoms with E-state index in [4.69, 9.17) is 11.0 Å². The highest BCUT2D eigenvalue weighted by molar-refractivity contribution is 7.81. The van der Waals surface area contributed by atoms with Crippen molar-refractivity contribution in [1.82, 2.24) is 13.9 Å². The molecule has 174 valence electrons. The lowest BCUT2D eigenvalue weighted by atomic mass is 10.0. The molecule has 2 aromatic rings. The fourth-order valence-electron chi connectivity index (χ4n) is 4.25. The van der Waals surface area contributed by atoms with Gasteiger partial charge in [0.2, 0.25) is 0 Å². The Labute approximate surface area is 193 Å². The number of fused-ring (bicyclic) bond motifs is 2. The van der Waals surface area contributed by atoms with Crippen LogP contribution in [0.3, 0.4) is 0 Å². The average Bonchev–Trinajstić information content (AvgIpc) is 3.50. The smallest absolute Gasteiger partial charge is 0.252 e. The van der Waals surface area contributed by atoms with Crippen LogP contribution < -0.4 is 11.1 Å². The minimum absolute atomic E-state index is 0.210. The van der Waals surface area contributed by atoms with Gasteiger partial charge in [-0.3, -0.25) is 4.79 Å². The van der Waals surface area contributed by atoms with Crippen molar-refractivity contribution in [2.24, 2.45) is 17.6 Å². The van der Waals surface area contributed by atoms with Crippen molar-refractivity contribution in [3.8, 4) is 18.9 Å². The maximum absolute atomic E-state index is 11.9. The standard InChI is InChI=1S/C17H20N6O2S.2C2H6.C2H2/c1-26(25)22-8-11-3-13(4-12(11)9-22)21-16-14(17(19)24)6-20-23-7-10(5-18)2-15(16)23;3*1-2/h2,6-7,11-13,21H,3-4,8-9H2,1H3,(H2,19,24);2*1-2H3;1-2H. The summed E-state index contributed by atoms with van der Waals surface area (Å²) < 4.78 is 15.3. The maximum atomic E-state index is 11.9. The summed E-state index contributed by atoms with van der Waals surface area (Å²) in [7, 11) is -0.916. The number of primary amides is 1. The summed E-state index contributed by atoms with van der Waals surface area (Å²) in [6.07, 6.45) is 14.7. The SMILES string of the molecule is C#C.CC.CC.CS(=O)N1CC2CC(Nc3c(C(N)=O)cnn4cc(C#N)cc34)CC2C1. The molecule has 0 radical (unpaired) electrons. The number of nitrogens with one attached hydrogen (secondary N) is 1. The first-order valence-electron chi connectivity index (χ1n) is 10.9. The summed E-state index contributed by atoms with van der Waals surface area (Å²) in [5.74, 6) is 0.466. The quantitative estimate of drug-likeness (QED) is 0.683. The van der Waals surface area contributed by atoms with Gasteiger partial charge in [-0.2, -0.15) is 10.4 Å². The summed E-state index contributed by atoms with van der Waals surface area (Å²) in [5.41, 5.74) is 7.64. The molecule has 1 aliphatic heterocycles. The molecule has 3 N–H and O–H groups in total. The number of nitrogens with two attached hydrogens (primary N) is 1. The van der Waals surface area contributed by atoms with Crippen LogP contribution >= 0.6 is 0 Å². The molecule has 3 unspecified atom stereocenters. The van der Waals surface area contributed by atoms with Gasteiger partial charge in [-0.25, -0.2) is 13.0 Å². The number of anilines is 1. The predicted molar refractivity (Wildman–Crippen MR) is 130 cm³/mol. The molecule has 3 heterocycles. The van der Waals surface area contributed by atoms with Crippen LogP contribution in [0.4, 0.5) is 5.69 Å². The van der Waals surface area contributed by atoms with Gasteiger partial charge >= 0.3 is 0 Å². The van der Waals surface area contributed by atoms with Crippen LogP contribution in [-0.2, 0) is 11.0 Å². The molecule has 0 bridgehead atoms. The van der Waals surface area contributed by atoms with Gasteiger partial charge in [0.15, 0.2) is 0 Å². The molecule has 1 aliphatic carbocycles. The van der Waals surface area contributed by atoms with Crippen LogP contribution in [0.25, 0.3) is 5.52 Å². The minimum Gasteiger partial charge on any atom is -0.380 e. The number of nitriles is 1. The van der Waals surface area contributed by atoms with E-state index in [2.05, 4.69) is 29.3 Å². The van der Waals surface area contributed by atoms with Crippen molar-refractivity contribution in [1.29, 1.82) is 5.26 Å². The van der Waals surface area contributed by atoms with Crippen molar-refractivity contribution in [3.05, 3.63) is 29.6 Å². The van der Waals surface area contributed by atoms with Gasteiger partial charge < -0.3 is 11.1 Å². The van der Waals surface area contributed by atoms with Gasteiger partial charge in [0.05, 0.1) is 39.5 Å². The molecule has 2 aliphatic rings. The summed E-state index contributed by atoms with van der Waals surface area (Å²) >= 11 is 0. The topological polar surface area (TPSA) is 117 Å². The number of hydrogen-bond donors (Lipinski definition) is 2. The number of carbonyl (C=O) groups excluding carboxylic acids is 1. The fraction of sp³-hybridized carbons (Fsp3) is 0.522. The molecule has 2 aromatic heterocycles. The first-order chi connectivity index (χ1) is 15.5. The second-order valence-electron chi connectivity index (χ2n) is 7.07. The molecule has 3 atom stereocenters. The highest BCUT2D eigenvalue weighted by Gasteiger charge is 2.42. The Bertz CT molecular complexity index is 980. The lowest BCUT2D eigenvalue weighted by Gasteiger charge is -2.20. The lowest BCUT2D eigenvalue weighted by molar-refractivity contribution is 0.100. The van der Waals surface area contributed by atoms with E-state index in [0.717, 1.165) is 25.9 Å². The molecule has 8 nitrogen and oxygen atoms in total. The molecule has 0 spiro atoms. The van der Waals surface area contributed by atoms with E-state index in [1.165, 1.54) is 6.20 Å². The Morgan fingerprint density at radius 1 is 1.25 bits per heavy atom. The number of hydrogen-bond acceptors (Lipinski definition) is 5. The number of nitrogens with zero attached hydrogens (tertiary/aromatic N) is 4. The lowest BCUT2D eigenvalue weighted by Crippen LogP contribution is -2.27. The van der Waals surface area contributed by atoms with E-state index in [0.29, 0.717) is 34.2 Å². The van der Waals surface area contributed by atoms with Crippen LogP contribution in [-0.4, -0.2) is 49.4 Å². The van der Waals surface area contributed by atoms with Crippen molar-refractivity contribution >= 4 is 28.1 Å². The van der Waals surface area contributed by atoms with Crippen LogP contribution in [0.2, 0.25) is 0 Å². The van der Waals surface area contributed by atoms with E-state index in [-0.39, 0.29) is 6.04 Å². The number of aromatic nitrogens is 2. The molecule has 1 saturated carbocycles. The summed E-state index contributed by atoms with van der Waals surface area (Å²) in [5, 5.41) is 16.8. The van der Waals surface area contributed by atoms with Gasteiger partial charge in [-0.05, 0) is 30.7 Å². The Hall–Kier alpha value is -2.88. The molecule has 9 heteroatoms. The Kier molecular flexibility index (Phi) is 10.9. The first-order valence-corrected chi connectivity index (χ1v) is 12.4. The summed E-state index contributed by atoms with van der Waals surface area (Å²) in [6, 6.07) is 4.01. The van der Waals surface area contributed by atoms with Gasteiger partial charge in [-0.1, -0.05) is 27.7 Å². The largest absolute Gasteiger partial charge is 0.380 e. The first kappa shape index (κ1) is 27.2. The van der Waals surface area contributed by atoms with Crippen LogP contribution in [0.5, 0.6) is 0 Å². The molecule has 32 heavy (non-hydrogen) atoms. The number of amides is 1. The van der Waals surface area contributed by atoms with E-state index in [1.807, 2.05) is 32.0 Å². The zero-order valence-electron chi connectivity index (χ0n) is 19.5. The molecule has 1 saturated heterocycles. The van der Waals surface area contributed by atoms with E-state index in [1.54, 1.807) is 23.0 Å². The number of carbonyl (C=O) groups is 1. The molecule has 4 rings (SSSR count). The van der Waals surface area contributed by atoms with Crippen molar-refractivity contribution in [3.63, 3.8) is 0 Å². The number of terminal acetylenes is 1. The molecule has 2 fully saturated rings. The van der Waals surface area contributed by atoms with Gasteiger partial charge in [0, 0.05) is 31.6 Å². The third-order valence-electron chi connectivity index (χ3n) is 5.46. The van der Waals surface area contributed by atoms with E-state index < -0.39 is 16.9 Å². The fourth-order valence-corrected chi connectivity index (χ4v) is 5.05. The Morgan fingerprint density at radius 2 is 1.81 bits per heavy atom.